The van der Waals surface area contributed by atoms with Crippen LogP contribution < -0.4 is 15.6 Å². The molecule has 0 aliphatic heterocycles. The molecular weight excluding hydrogens is 316 g/mol. The summed E-state index contributed by atoms with van der Waals surface area (Å²) in [6.07, 6.45) is 0.213. The Kier molecular flexibility index (Phi) is 6.57. The Hall–Kier alpha value is -2.82. The molecule has 132 valence electrons. The van der Waals surface area contributed by atoms with Crippen LogP contribution in [0.4, 0.5) is 0 Å². The van der Waals surface area contributed by atoms with Crippen molar-refractivity contribution in [1.82, 2.24) is 10.9 Å². The Morgan fingerprint density at radius 1 is 0.960 bits per heavy atom. The van der Waals surface area contributed by atoms with Crippen molar-refractivity contribution >= 4 is 11.8 Å². The van der Waals surface area contributed by atoms with E-state index in [0.29, 0.717) is 11.7 Å². The van der Waals surface area contributed by atoms with Crippen LogP contribution in [-0.2, 0) is 16.0 Å². The Morgan fingerprint density at radius 3 is 2.24 bits per heavy atom. The van der Waals surface area contributed by atoms with Crippen LogP contribution in [0.15, 0.2) is 48.5 Å². The molecule has 2 aromatic rings. The van der Waals surface area contributed by atoms with Crippen molar-refractivity contribution in [2.75, 3.05) is 6.61 Å². The lowest BCUT2D eigenvalue weighted by Gasteiger charge is -2.10. The smallest absolute Gasteiger partial charge is 0.276 e. The van der Waals surface area contributed by atoms with Gasteiger partial charge in [0.25, 0.3) is 5.91 Å². The topological polar surface area (TPSA) is 67.4 Å². The van der Waals surface area contributed by atoms with E-state index in [9.17, 15) is 9.59 Å². The van der Waals surface area contributed by atoms with Gasteiger partial charge in [0.2, 0.25) is 5.91 Å². The highest BCUT2D eigenvalue weighted by Crippen LogP contribution is 2.18. The van der Waals surface area contributed by atoms with Crippen LogP contribution >= 0.6 is 0 Å². The highest BCUT2D eigenvalue weighted by atomic mass is 16.5. The lowest BCUT2D eigenvalue weighted by Crippen LogP contribution is -2.44. The predicted octanol–water partition coefficient (Wildman–Crippen LogP) is 2.89. The van der Waals surface area contributed by atoms with E-state index >= 15 is 0 Å². The number of ether oxygens (including phenoxy) is 1. The van der Waals surface area contributed by atoms with Crippen molar-refractivity contribution in [1.29, 1.82) is 0 Å². The van der Waals surface area contributed by atoms with Crippen LogP contribution in [0.5, 0.6) is 5.75 Å². The van der Waals surface area contributed by atoms with Gasteiger partial charge in [0, 0.05) is 0 Å². The molecule has 5 heteroatoms. The Bertz CT molecular complexity index is 724. The van der Waals surface area contributed by atoms with Gasteiger partial charge in [-0.05, 0) is 41.7 Å². The van der Waals surface area contributed by atoms with E-state index in [4.69, 9.17) is 4.74 Å². The molecule has 2 N–H and O–H groups in total. The minimum Gasteiger partial charge on any atom is -0.484 e. The van der Waals surface area contributed by atoms with Crippen molar-refractivity contribution in [2.45, 2.75) is 33.1 Å². The quantitative estimate of drug-likeness (QED) is 0.795. The standard InChI is InChI=1S/C20H24N2O3/c1-14(2)16-8-10-18(11-9-16)25-13-20(24)22-21-19(23)12-17-7-5-4-6-15(17)3/h4-11,14H,12-13H2,1-3H3,(H,21,23)(H,22,24). The number of amides is 2. The Labute approximate surface area is 148 Å². The van der Waals surface area contributed by atoms with Gasteiger partial charge in [-0.3, -0.25) is 20.4 Å². The third kappa shape index (κ3) is 5.95. The van der Waals surface area contributed by atoms with Crippen molar-refractivity contribution < 1.29 is 14.3 Å². The minimum atomic E-state index is -0.411. The van der Waals surface area contributed by atoms with Crippen LogP contribution in [-0.4, -0.2) is 18.4 Å². The number of hydrazine groups is 1. The van der Waals surface area contributed by atoms with Crippen molar-refractivity contribution in [3.63, 3.8) is 0 Å². The first kappa shape index (κ1) is 18.5. The summed E-state index contributed by atoms with van der Waals surface area (Å²) in [5.74, 6) is 0.376. The zero-order valence-electron chi connectivity index (χ0n) is 14.8. The van der Waals surface area contributed by atoms with Crippen molar-refractivity contribution in [2.24, 2.45) is 0 Å². The molecule has 5 nitrogen and oxygen atoms in total. The van der Waals surface area contributed by atoms with E-state index in [1.165, 1.54) is 5.56 Å². The average molecular weight is 340 g/mol. The van der Waals surface area contributed by atoms with Gasteiger partial charge in [0.15, 0.2) is 6.61 Å². The van der Waals surface area contributed by atoms with Gasteiger partial charge in [-0.15, -0.1) is 0 Å². The molecule has 0 bridgehead atoms. The molecule has 0 aliphatic rings. The Morgan fingerprint density at radius 2 is 1.60 bits per heavy atom. The third-order valence-corrected chi connectivity index (χ3v) is 3.87. The molecule has 25 heavy (non-hydrogen) atoms. The molecule has 0 saturated heterocycles. The maximum absolute atomic E-state index is 11.9. The zero-order valence-corrected chi connectivity index (χ0v) is 14.8. The number of hydrogen-bond acceptors (Lipinski definition) is 3. The van der Waals surface area contributed by atoms with Crippen LogP contribution in [0.1, 0.15) is 36.5 Å². The molecule has 2 amide bonds. The zero-order chi connectivity index (χ0) is 18.2. The molecule has 0 heterocycles. The first-order valence-corrected chi connectivity index (χ1v) is 8.30. The summed E-state index contributed by atoms with van der Waals surface area (Å²) in [6.45, 7) is 6.01. The number of carbonyl (C=O) groups excluding carboxylic acids is 2. The highest BCUT2D eigenvalue weighted by Gasteiger charge is 2.08. The summed E-state index contributed by atoms with van der Waals surface area (Å²) in [7, 11) is 0. The second kappa shape index (κ2) is 8.87. The fourth-order valence-corrected chi connectivity index (χ4v) is 2.30. The number of carbonyl (C=O) groups is 2. The molecule has 0 fully saturated rings. The number of nitrogens with one attached hydrogen (secondary N) is 2. The molecule has 0 aliphatic carbocycles. The van der Waals surface area contributed by atoms with E-state index < -0.39 is 5.91 Å². The molecule has 0 unspecified atom stereocenters. The summed E-state index contributed by atoms with van der Waals surface area (Å²) in [5.41, 5.74) is 7.93. The van der Waals surface area contributed by atoms with Gasteiger partial charge in [0.1, 0.15) is 5.75 Å². The summed E-state index contributed by atoms with van der Waals surface area (Å²) >= 11 is 0. The van der Waals surface area contributed by atoms with E-state index in [1.807, 2.05) is 55.5 Å². The van der Waals surface area contributed by atoms with Gasteiger partial charge in [-0.2, -0.15) is 0 Å². The van der Waals surface area contributed by atoms with E-state index in [2.05, 4.69) is 24.7 Å². The summed E-state index contributed by atoms with van der Waals surface area (Å²) in [5, 5.41) is 0. The maximum Gasteiger partial charge on any atom is 0.276 e. The normalized spacial score (nSPS) is 10.4. The van der Waals surface area contributed by atoms with E-state index in [-0.39, 0.29) is 18.9 Å². The summed E-state index contributed by atoms with van der Waals surface area (Å²) in [6, 6.07) is 15.2. The lowest BCUT2D eigenvalue weighted by atomic mass is 10.0. The lowest BCUT2D eigenvalue weighted by molar-refractivity contribution is -0.129. The second-order valence-corrected chi connectivity index (χ2v) is 6.21. The maximum atomic E-state index is 11.9. The number of rotatable bonds is 6. The fraction of sp³-hybridized carbons (Fsp3) is 0.300. The van der Waals surface area contributed by atoms with Crippen LogP contribution in [0, 0.1) is 6.92 Å². The van der Waals surface area contributed by atoms with Gasteiger partial charge in [-0.1, -0.05) is 50.2 Å². The van der Waals surface area contributed by atoms with Crippen LogP contribution in [0.3, 0.4) is 0 Å². The number of aryl methyl sites for hydroxylation is 1. The number of benzene rings is 2. The molecule has 0 aromatic heterocycles. The van der Waals surface area contributed by atoms with E-state index in [0.717, 1.165) is 11.1 Å². The molecule has 0 saturated carbocycles. The molecule has 2 aromatic carbocycles. The SMILES string of the molecule is Cc1ccccc1CC(=O)NNC(=O)COc1ccc(C(C)C)cc1. The van der Waals surface area contributed by atoms with Gasteiger partial charge in [0.05, 0.1) is 6.42 Å². The van der Waals surface area contributed by atoms with Crippen molar-refractivity contribution in [3.05, 3.63) is 65.2 Å². The summed E-state index contributed by atoms with van der Waals surface area (Å²) in [4.78, 5) is 23.6. The third-order valence-electron chi connectivity index (χ3n) is 3.87. The van der Waals surface area contributed by atoms with Gasteiger partial charge in [-0.25, -0.2) is 0 Å². The minimum absolute atomic E-state index is 0.161. The molecule has 0 radical (unpaired) electrons. The molecular formula is C20H24N2O3. The molecule has 2 rings (SSSR count). The van der Waals surface area contributed by atoms with Crippen LogP contribution in [0.25, 0.3) is 0 Å². The van der Waals surface area contributed by atoms with Crippen molar-refractivity contribution in [3.8, 4) is 5.75 Å². The van der Waals surface area contributed by atoms with E-state index in [1.54, 1.807) is 0 Å². The second-order valence-electron chi connectivity index (χ2n) is 6.21. The average Bonchev–Trinajstić information content (AvgIpc) is 2.60. The Balaban J connectivity index is 1.73. The van der Waals surface area contributed by atoms with Gasteiger partial charge < -0.3 is 4.74 Å². The largest absolute Gasteiger partial charge is 0.484 e. The first-order valence-electron chi connectivity index (χ1n) is 8.30. The van der Waals surface area contributed by atoms with Crippen LogP contribution in [0.2, 0.25) is 0 Å². The summed E-state index contributed by atoms with van der Waals surface area (Å²) < 4.78 is 5.41. The molecule has 0 atom stereocenters. The van der Waals surface area contributed by atoms with Gasteiger partial charge >= 0.3 is 0 Å². The number of hydrogen-bond donors (Lipinski definition) is 2. The first-order chi connectivity index (χ1) is 12.0. The predicted molar refractivity (Wildman–Crippen MR) is 97.2 cm³/mol. The fourth-order valence-electron chi connectivity index (χ4n) is 2.30. The molecule has 0 spiro atoms. The monoisotopic (exact) mass is 340 g/mol. The highest BCUT2D eigenvalue weighted by molar-refractivity contribution is 5.84.